The Labute approximate surface area is 161 Å². The van der Waals surface area contributed by atoms with Crippen molar-refractivity contribution in [3.63, 3.8) is 0 Å². The summed E-state index contributed by atoms with van der Waals surface area (Å²) in [5.41, 5.74) is 0.631. The fourth-order valence-corrected chi connectivity index (χ4v) is 3.78. The predicted octanol–water partition coefficient (Wildman–Crippen LogP) is 1.75. The number of carbonyl (C=O) groups is 2. The van der Waals surface area contributed by atoms with Crippen LogP contribution in [0.3, 0.4) is 0 Å². The molecular formula is C19H20N4O3S. The average Bonchev–Trinajstić information content (AvgIpc) is 3.23. The van der Waals surface area contributed by atoms with E-state index in [0.29, 0.717) is 31.0 Å². The Morgan fingerprint density at radius 1 is 1.19 bits per heavy atom. The van der Waals surface area contributed by atoms with E-state index < -0.39 is 11.8 Å². The van der Waals surface area contributed by atoms with Gasteiger partial charge in [-0.15, -0.1) is 11.3 Å². The molecule has 0 spiro atoms. The number of anilines is 1. The van der Waals surface area contributed by atoms with Crippen LogP contribution in [0.15, 0.2) is 41.8 Å². The first-order valence-corrected chi connectivity index (χ1v) is 9.50. The minimum absolute atomic E-state index is 0.00274. The van der Waals surface area contributed by atoms with Crippen molar-refractivity contribution >= 4 is 28.8 Å². The lowest BCUT2D eigenvalue weighted by molar-refractivity contribution is -0.136. The highest BCUT2D eigenvalue weighted by Gasteiger charge is 2.25. The lowest BCUT2D eigenvalue weighted by Gasteiger charge is -2.34. The molecule has 2 heterocycles. The molecule has 1 aliphatic heterocycles. The van der Waals surface area contributed by atoms with Gasteiger partial charge in [-0.3, -0.25) is 14.5 Å². The highest BCUT2D eigenvalue weighted by molar-refractivity contribution is 7.10. The number of amides is 2. The van der Waals surface area contributed by atoms with Gasteiger partial charge >= 0.3 is 11.8 Å². The maximum atomic E-state index is 12.3. The molecule has 1 aromatic heterocycles. The van der Waals surface area contributed by atoms with Crippen molar-refractivity contribution in [1.82, 2.24) is 10.2 Å². The number of morpholine rings is 1. The number of hydrogen-bond acceptors (Lipinski definition) is 6. The molecule has 1 atom stereocenters. The highest BCUT2D eigenvalue weighted by atomic mass is 32.1. The lowest BCUT2D eigenvalue weighted by Crippen LogP contribution is -2.45. The first-order valence-electron chi connectivity index (χ1n) is 8.62. The minimum atomic E-state index is -0.787. The van der Waals surface area contributed by atoms with Crippen LogP contribution in [0, 0.1) is 11.3 Å². The Bertz CT molecular complexity index is 826. The van der Waals surface area contributed by atoms with Gasteiger partial charge in [0.2, 0.25) is 0 Å². The van der Waals surface area contributed by atoms with Gasteiger partial charge in [-0.1, -0.05) is 18.2 Å². The fraction of sp³-hybridized carbons (Fsp3) is 0.316. The zero-order chi connectivity index (χ0) is 19.1. The van der Waals surface area contributed by atoms with E-state index in [4.69, 9.17) is 10.00 Å². The number of hydrogen-bond donors (Lipinski definition) is 2. The van der Waals surface area contributed by atoms with Crippen LogP contribution in [0.1, 0.15) is 16.5 Å². The first-order chi connectivity index (χ1) is 13.2. The second-order valence-corrected chi connectivity index (χ2v) is 6.98. The Morgan fingerprint density at radius 2 is 1.96 bits per heavy atom. The lowest BCUT2D eigenvalue weighted by atomic mass is 10.2. The van der Waals surface area contributed by atoms with Crippen LogP contribution in [-0.2, 0) is 14.3 Å². The molecule has 27 heavy (non-hydrogen) atoms. The number of nitrogens with one attached hydrogen (secondary N) is 2. The molecule has 2 aromatic rings. The van der Waals surface area contributed by atoms with Crippen molar-refractivity contribution in [2.45, 2.75) is 6.04 Å². The minimum Gasteiger partial charge on any atom is -0.379 e. The molecule has 1 aliphatic rings. The second kappa shape index (κ2) is 9.28. The number of para-hydroxylation sites is 1. The Morgan fingerprint density at radius 3 is 2.67 bits per heavy atom. The van der Waals surface area contributed by atoms with Crippen molar-refractivity contribution in [1.29, 1.82) is 5.26 Å². The maximum Gasteiger partial charge on any atom is 0.313 e. The summed E-state index contributed by atoms with van der Waals surface area (Å²) >= 11 is 1.62. The third-order valence-electron chi connectivity index (χ3n) is 4.32. The van der Waals surface area contributed by atoms with Gasteiger partial charge in [-0.2, -0.15) is 5.26 Å². The molecule has 1 saturated heterocycles. The molecule has 1 aromatic carbocycles. The summed E-state index contributed by atoms with van der Waals surface area (Å²) in [6, 6.07) is 12.5. The van der Waals surface area contributed by atoms with Gasteiger partial charge in [0, 0.05) is 24.5 Å². The van der Waals surface area contributed by atoms with Crippen molar-refractivity contribution in [2.75, 3.05) is 38.2 Å². The SMILES string of the molecule is N#Cc1ccccc1NC(=O)C(=O)NCC(c1cccs1)N1CCOCC1. The van der Waals surface area contributed by atoms with Gasteiger partial charge < -0.3 is 15.4 Å². The number of thiophene rings is 1. The number of ether oxygens (including phenoxy) is 1. The third-order valence-corrected chi connectivity index (χ3v) is 5.29. The van der Waals surface area contributed by atoms with Crippen LogP contribution in [0.5, 0.6) is 0 Å². The summed E-state index contributed by atoms with van der Waals surface area (Å²) in [6.45, 7) is 3.19. The number of rotatable bonds is 5. The molecule has 0 radical (unpaired) electrons. The second-order valence-electron chi connectivity index (χ2n) is 6.00. The highest BCUT2D eigenvalue weighted by Crippen LogP contribution is 2.25. The molecule has 7 nitrogen and oxygen atoms in total. The van der Waals surface area contributed by atoms with Gasteiger partial charge in [0.25, 0.3) is 0 Å². The molecule has 1 fully saturated rings. The van der Waals surface area contributed by atoms with E-state index in [2.05, 4.69) is 15.5 Å². The van der Waals surface area contributed by atoms with E-state index >= 15 is 0 Å². The maximum absolute atomic E-state index is 12.3. The molecule has 2 amide bonds. The van der Waals surface area contributed by atoms with Gasteiger partial charge in [0.05, 0.1) is 30.5 Å². The van der Waals surface area contributed by atoms with Crippen LogP contribution in [0.4, 0.5) is 5.69 Å². The van der Waals surface area contributed by atoms with Gasteiger partial charge in [0.1, 0.15) is 6.07 Å². The molecule has 3 rings (SSSR count). The largest absolute Gasteiger partial charge is 0.379 e. The van der Waals surface area contributed by atoms with E-state index in [0.717, 1.165) is 18.0 Å². The molecule has 8 heteroatoms. The number of benzene rings is 1. The monoisotopic (exact) mass is 384 g/mol. The predicted molar refractivity (Wildman–Crippen MR) is 102 cm³/mol. The molecule has 2 N–H and O–H groups in total. The van der Waals surface area contributed by atoms with Crippen LogP contribution in [0.2, 0.25) is 0 Å². The van der Waals surface area contributed by atoms with Crippen molar-refractivity contribution < 1.29 is 14.3 Å². The van der Waals surface area contributed by atoms with Crippen LogP contribution in [-0.4, -0.2) is 49.6 Å². The average molecular weight is 384 g/mol. The van der Waals surface area contributed by atoms with E-state index in [9.17, 15) is 9.59 Å². The topological polar surface area (TPSA) is 94.5 Å². The summed E-state index contributed by atoms with van der Waals surface area (Å²) in [5.74, 6) is -1.51. The first kappa shape index (κ1) is 19.0. The van der Waals surface area contributed by atoms with Crippen LogP contribution < -0.4 is 10.6 Å². The number of carbonyl (C=O) groups excluding carboxylic acids is 2. The van der Waals surface area contributed by atoms with Crippen molar-refractivity contribution in [3.05, 3.63) is 52.2 Å². The van der Waals surface area contributed by atoms with Crippen molar-refractivity contribution in [2.24, 2.45) is 0 Å². The zero-order valence-electron chi connectivity index (χ0n) is 14.7. The number of nitriles is 1. The van der Waals surface area contributed by atoms with Gasteiger partial charge in [0.15, 0.2) is 0 Å². The summed E-state index contributed by atoms with van der Waals surface area (Å²) in [7, 11) is 0. The Hall–Kier alpha value is -2.73. The summed E-state index contributed by atoms with van der Waals surface area (Å²) in [4.78, 5) is 27.8. The zero-order valence-corrected chi connectivity index (χ0v) is 15.5. The molecule has 0 bridgehead atoms. The quantitative estimate of drug-likeness (QED) is 0.766. The van der Waals surface area contributed by atoms with E-state index in [1.807, 2.05) is 23.6 Å². The summed E-state index contributed by atoms with van der Waals surface area (Å²) in [6.07, 6.45) is 0. The van der Waals surface area contributed by atoms with Crippen LogP contribution >= 0.6 is 11.3 Å². The molecular weight excluding hydrogens is 364 g/mol. The fourth-order valence-electron chi connectivity index (χ4n) is 2.92. The van der Waals surface area contributed by atoms with Crippen molar-refractivity contribution in [3.8, 4) is 6.07 Å². The van der Waals surface area contributed by atoms with E-state index in [-0.39, 0.29) is 6.04 Å². The number of nitrogens with zero attached hydrogens (tertiary/aromatic N) is 2. The molecule has 0 aliphatic carbocycles. The summed E-state index contributed by atoms with van der Waals surface area (Å²) < 4.78 is 5.40. The van der Waals surface area contributed by atoms with E-state index in [1.54, 1.807) is 35.6 Å². The van der Waals surface area contributed by atoms with Crippen LogP contribution in [0.25, 0.3) is 0 Å². The molecule has 140 valence electrons. The Kier molecular flexibility index (Phi) is 6.54. The smallest absolute Gasteiger partial charge is 0.313 e. The standard InChI is InChI=1S/C19H20N4O3S/c20-12-14-4-1-2-5-15(14)22-19(25)18(24)21-13-16(17-6-3-11-27-17)23-7-9-26-10-8-23/h1-6,11,16H,7-10,13H2,(H,21,24)(H,22,25). The van der Waals surface area contributed by atoms with Gasteiger partial charge in [-0.25, -0.2) is 0 Å². The van der Waals surface area contributed by atoms with E-state index in [1.165, 1.54) is 0 Å². The molecule has 0 saturated carbocycles. The van der Waals surface area contributed by atoms with Gasteiger partial charge in [-0.05, 0) is 23.6 Å². The molecule has 1 unspecified atom stereocenters. The third kappa shape index (κ3) is 4.92. The summed E-state index contributed by atoms with van der Waals surface area (Å²) in [5, 5.41) is 16.3. The Balaban J connectivity index is 1.61. The normalized spacial score (nSPS) is 15.5.